The highest BCUT2D eigenvalue weighted by Crippen LogP contribution is 2.39. The van der Waals surface area contributed by atoms with Gasteiger partial charge in [-0.25, -0.2) is 4.68 Å². The number of methoxy groups -OCH3 is 3. The summed E-state index contributed by atoms with van der Waals surface area (Å²) in [4.78, 5) is 38.0. The summed E-state index contributed by atoms with van der Waals surface area (Å²) >= 11 is 1.10. The summed E-state index contributed by atoms with van der Waals surface area (Å²) in [5, 5.41) is 9.68. The van der Waals surface area contributed by atoms with Gasteiger partial charge in [-0.15, -0.1) is 10.2 Å². The molecule has 0 N–H and O–H groups in total. The van der Waals surface area contributed by atoms with Crippen LogP contribution in [0.4, 0.5) is 0 Å². The van der Waals surface area contributed by atoms with Gasteiger partial charge < -0.3 is 14.2 Å². The third kappa shape index (κ3) is 4.10. The maximum Gasteiger partial charge on any atom is 0.281 e. The lowest BCUT2D eigenvalue weighted by atomic mass is 10.1. The average molecular weight is 483 g/mol. The number of rotatable bonds is 9. The number of thioether (sulfide) groups is 1. The fourth-order valence-electron chi connectivity index (χ4n) is 3.64. The molecular formula is C23H22N4O6S. The molecule has 1 aliphatic heterocycles. The number of benzene rings is 2. The van der Waals surface area contributed by atoms with E-state index in [-0.39, 0.29) is 23.1 Å². The predicted molar refractivity (Wildman–Crippen MR) is 124 cm³/mol. The van der Waals surface area contributed by atoms with E-state index in [0.717, 1.165) is 22.3 Å². The highest BCUT2D eigenvalue weighted by atomic mass is 32.2. The number of hydrogen-bond donors (Lipinski definition) is 0. The average Bonchev–Trinajstić information content (AvgIpc) is 3.34. The number of ketones is 1. The van der Waals surface area contributed by atoms with Crippen LogP contribution in [0.5, 0.6) is 17.2 Å². The van der Waals surface area contributed by atoms with E-state index in [9.17, 15) is 14.4 Å². The SMILES string of the molecule is COc1cc(Cc2nnc(SCC(C)=O)n2N2C(=O)c3ccccc3C2=O)cc(OC)c1OC. The van der Waals surface area contributed by atoms with Crippen LogP contribution in [0.1, 0.15) is 39.0 Å². The molecule has 0 spiro atoms. The molecule has 34 heavy (non-hydrogen) atoms. The van der Waals surface area contributed by atoms with Crippen LogP contribution in [0.25, 0.3) is 0 Å². The first kappa shape index (κ1) is 23.3. The zero-order valence-corrected chi connectivity index (χ0v) is 19.8. The van der Waals surface area contributed by atoms with Gasteiger partial charge in [0.1, 0.15) is 5.78 Å². The molecule has 0 saturated carbocycles. The Morgan fingerprint density at radius 2 is 1.53 bits per heavy atom. The fourth-order valence-corrected chi connectivity index (χ4v) is 4.38. The van der Waals surface area contributed by atoms with Crippen molar-refractivity contribution in [2.24, 2.45) is 0 Å². The normalized spacial score (nSPS) is 12.6. The van der Waals surface area contributed by atoms with Gasteiger partial charge in [0.2, 0.25) is 10.9 Å². The number of carbonyl (C=O) groups excluding carboxylic acids is 3. The van der Waals surface area contributed by atoms with Crippen molar-refractivity contribution < 1.29 is 28.6 Å². The summed E-state index contributed by atoms with van der Waals surface area (Å²) in [7, 11) is 4.54. The Bertz CT molecular complexity index is 1230. The number of aromatic nitrogens is 3. The van der Waals surface area contributed by atoms with E-state index in [2.05, 4.69) is 10.2 Å². The number of ether oxygens (including phenoxy) is 3. The van der Waals surface area contributed by atoms with E-state index >= 15 is 0 Å². The van der Waals surface area contributed by atoms with Crippen molar-refractivity contribution >= 4 is 29.4 Å². The Balaban J connectivity index is 1.79. The van der Waals surface area contributed by atoms with Gasteiger partial charge >= 0.3 is 0 Å². The van der Waals surface area contributed by atoms with Gasteiger partial charge in [-0.05, 0) is 36.8 Å². The summed E-state index contributed by atoms with van der Waals surface area (Å²) in [6.45, 7) is 1.45. The van der Waals surface area contributed by atoms with Crippen LogP contribution in [0.2, 0.25) is 0 Å². The minimum absolute atomic E-state index is 0.0758. The number of fused-ring (bicyclic) bond motifs is 1. The van der Waals surface area contributed by atoms with Gasteiger partial charge in [0.05, 0.1) is 38.2 Å². The maximum atomic E-state index is 13.2. The summed E-state index contributed by atoms with van der Waals surface area (Å²) < 4.78 is 17.6. The number of amides is 2. The fraction of sp³-hybridized carbons (Fsp3) is 0.261. The topological polar surface area (TPSA) is 113 Å². The lowest BCUT2D eigenvalue weighted by molar-refractivity contribution is -0.114. The smallest absolute Gasteiger partial charge is 0.281 e. The number of carbonyl (C=O) groups is 3. The molecule has 2 aromatic carbocycles. The summed E-state index contributed by atoms with van der Waals surface area (Å²) in [6.07, 6.45) is 0.192. The van der Waals surface area contributed by atoms with E-state index in [0.29, 0.717) is 34.2 Å². The van der Waals surface area contributed by atoms with Crippen molar-refractivity contribution in [1.82, 2.24) is 14.9 Å². The van der Waals surface area contributed by atoms with Gasteiger partial charge in [-0.1, -0.05) is 23.9 Å². The Hall–Kier alpha value is -3.86. The molecule has 1 aliphatic rings. The van der Waals surface area contributed by atoms with Crippen LogP contribution in [-0.2, 0) is 11.2 Å². The third-order valence-electron chi connectivity index (χ3n) is 5.14. The number of Topliss-reactive ketones (excluding diaryl/α,β-unsaturated/α-hetero) is 1. The highest BCUT2D eigenvalue weighted by Gasteiger charge is 2.39. The van der Waals surface area contributed by atoms with Crippen molar-refractivity contribution in [1.29, 1.82) is 0 Å². The zero-order chi connectivity index (χ0) is 24.4. The molecule has 3 aromatic rings. The van der Waals surface area contributed by atoms with Gasteiger partial charge in [0, 0.05) is 6.42 Å². The first-order valence-electron chi connectivity index (χ1n) is 10.2. The zero-order valence-electron chi connectivity index (χ0n) is 19.0. The van der Waals surface area contributed by atoms with Crippen molar-refractivity contribution in [3.63, 3.8) is 0 Å². The van der Waals surface area contributed by atoms with Gasteiger partial charge in [0.25, 0.3) is 11.8 Å². The van der Waals surface area contributed by atoms with Crippen LogP contribution in [0, 0.1) is 0 Å². The Labute approximate surface area is 199 Å². The molecule has 0 aliphatic carbocycles. The molecule has 0 radical (unpaired) electrons. The Morgan fingerprint density at radius 1 is 0.941 bits per heavy atom. The van der Waals surface area contributed by atoms with Crippen LogP contribution in [0.15, 0.2) is 41.6 Å². The number of nitrogens with zero attached hydrogens (tertiary/aromatic N) is 4. The predicted octanol–water partition coefficient (Wildman–Crippen LogP) is 2.51. The molecule has 2 amide bonds. The van der Waals surface area contributed by atoms with Crippen molar-refractivity contribution in [3.05, 3.63) is 58.9 Å². The first-order valence-corrected chi connectivity index (χ1v) is 11.2. The standard InChI is InChI=1S/C23H22N4O6S/c1-13(28)12-34-23-25-24-19(11-14-9-17(31-2)20(33-4)18(10-14)32-3)26(23)27-21(29)15-7-5-6-8-16(15)22(27)30/h5-10H,11-12H2,1-4H3. The molecular weight excluding hydrogens is 460 g/mol. The Kier molecular flexibility index (Phi) is 6.55. The molecule has 0 saturated heterocycles. The van der Waals surface area contributed by atoms with E-state index in [4.69, 9.17) is 14.2 Å². The third-order valence-corrected chi connectivity index (χ3v) is 6.20. The Morgan fingerprint density at radius 3 is 2.03 bits per heavy atom. The molecule has 0 fully saturated rings. The van der Waals surface area contributed by atoms with E-state index < -0.39 is 11.8 Å². The molecule has 1 aromatic heterocycles. The van der Waals surface area contributed by atoms with Crippen LogP contribution >= 0.6 is 11.8 Å². The molecule has 10 nitrogen and oxygen atoms in total. The van der Waals surface area contributed by atoms with Crippen LogP contribution < -0.4 is 19.2 Å². The molecule has 11 heteroatoms. The molecule has 4 rings (SSSR count). The molecule has 0 atom stereocenters. The second kappa shape index (κ2) is 9.56. The quantitative estimate of drug-likeness (QED) is 0.335. The van der Waals surface area contributed by atoms with E-state index in [1.54, 1.807) is 36.4 Å². The second-order valence-corrected chi connectivity index (χ2v) is 8.32. The van der Waals surface area contributed by atoms with Crippen molar-refractivity contribution in [3.8, 4) is 17.2 Å². The van der Waals surface area contributed by atoms with Gasteiger partial charge in [-0.2, -0.15) is 5.01 Å². The second-order valence-electron chi connectivity index (χ2n) is 7.38. The largest absolute Gasteiger partial charge is 0.493 e. The summed E-state index contributed by atoms with van der Waals surface area (Å²) in [6, 6.07) is 10.1. The number of imide groups is 1. The van der Waals surface area contributed by atoms with E-state index in [1.165, 1.54) is 32.9 Å². The lowest BCUT2D eigenvalue weighted by Crippen LogP contribution is -2.41. The summed E-state index contributed by atoms with van der Waals surface area (Å²) in [5.74, 6) is 0.735. The van der Waals surface area contributed by atoms with Crippen molar-refractivity contribution in [2.45, 2.75) is 18.5 Å². The minimum atomic E-state index is -0.490. The van der Waals surface area contributed by atoms with Gasteiger partial charge in [-0.3, -0.25) is 14.4 Å². The van der Waals surface area contributed by atoms with E-state index in [1.807, 2.05) is 0 Å². The van der Waals surface area contributed by atoms with Crippen LogP contribution in [0.3, 0.4) is 0 Å². The maximum absolute atomic E-state index is 13.2. The summed E-state index contributed by atoms with van der Waals surface area (Å²) in [5.41, 5.74) is 1.31. The monoisotopic (exact) mass is 482 g/mol. The lowest BCUT2D eigenvalue weighted by Gasteiger charge is -2.19. The molecule has 0 bridgehead atoms. The molecule has 0 unspecified atom stereocenters. The van der Waals surface area contributed by atoms with Gasteiger partial charge in [0.15, 0.2) is 17.3 Å². The first-order chi connectivity index (χ1) is 16.4. The van der Waals surface area contributed by atoms with Crippen LogP contribution in [-0.4, -0.2) is 59.6 Å². The molecule has 2 heterocycles. The molecule has 176 valence electrons. The minimum Gasteiger partial charge on any atom is -0.493 e. The highest BCUT2D eigenvalue weighted by molar-refractivity contribution is 7.99. The number of hydrogen-bond acceptors (Lipinski definition) is 9. The van der Waals surface area contributed by atoms with Crippen molar-refractivity contribution in [2.75, 3.05) is 32.1 Å².